The van der Waals surface area contributed by atoms with Crippen LogP contribution in [-0.2, 0) is 4.79 Å². The minimum Gasteiger partial charge on any atom is -0.481 e. The van der Waals surface area contributed by atoms with Gasteiger partial charge in [0.2, 0.25) is 5.88 Å². The van der Waals surface area contributed by atoms with E-state index in [9.17, 15) is 18.0 Å². The molecule has 2 rings (SSSR count). The number of aliphatic carboxylic acids is 1. The first-order chi connectivity index (χ1) is 11.6. The van der Waals surface area contributed by atoms with Gasteiger partial charge in [-0.15, -0.1) is 0 Å². The standard InChI is InChI=1S/C12H12N4O2.C2HF3O2/c1-18-11-4-2-3-10(15-11)16-12(17)8-5-6-9(13)14-7-8;3-2(4,5)1(6)7/h2-7H,1H3,(H2,13,14)(H,15,16,17);(H,6,7). The largest absolute Gasteiger partial charge is 0.490 e. The molecule has 0 saturated heterocycles. The number of aromatic nitrogens is 2. The summed E-state index contributed by atoms with van der Waals surface area (Å²) in [6.07, 6.45) is -3.68. The van der Waals surface area contributed by atoms with Crippen LogP contribution in [-0.4, -0.2) is 40.2 Å². The SMILES string of the molecule is COc1cccc(NC(=O)c2ccc(N)nc2)n1.O=C(O)C(F)(F)F. The van der Waals surface area contributed by atoms with E-state index in [1.807, 2.05) is 0 Å². The number of anilines is 2. The van der Waals surface area contributed by atoms with Crippen molar-refractivity contribution in [3.63, 3.8) is 0 Å². The minimum atomic E-state index is -5.08. The number of carboxylic acids is 1. The number of hydrogen-bond acceptors (Lipinski definition) is 6. The molecule has 0 aliphatic carbocycles. The summed E-state index contributed by atoms with van der Waals surface area (Å²) in [5, 5.41) is 9.77. The Labute approximate surface area is 139 Å². The van der Waals surface area contributed by atoms with Crippen molar-refractivity contribution in [2.24, 2.45) is 0 Å². The molecule has 0 saturated carbocycles. The first-order valence-electron chi connectivity index (χ1n) is 6.47. The summed E-state index contributed by atoms with van der Waals surface area (Å²) < 4.78 is 36.7. The van der Waals surface area contributed by atoms with Crippen molar-refractivity contribution in [2.75, 3.05) is 18.2 Å². The van der Waals surface area contributed by atoms with E-state index in [1.54, 1.807) is 30.3 Å². The van der Waals surface area contributed by atoms with E-state index in [1.165, 1.54) is 13.3 Å². The van der Waals surface area contributed by atoms with Crippen molar-refractivity contribution in [2.45, 2.75) is 6.18 Å². The second kappa shape index (κ2) is 8.47. The molecule has 0 aliphatic heterocycles. The van der Waals surface area contributed by atoms with Gasteiger partial charge in [0.25, 0.3) is 5.91 Å². The molecule has 0 unspecified atom stereocenters. The highest BCUT2D eigenvalue weighted by Gasteiger charge is 2.38. The average molecular weight is 358 g/mol. The molecule has 1 amide bonds. The quantitative estimate of drug-likeness (QED) is 0.765. The summed E-state index contributed by atoms with van der Waals surface area (Å²) in [4.78, 5) is 28.7. The van der Waals surface area contributed by atoms with Gasteiger partial charge in [0, 0.05) is 12.3 Å². The number of carboxylic acid groups (broad SMARTS) is 1. The van der Waals surface area contributed by atoms with E-state index < -0.39 is 12.1 Å². The highest BCUT2D eigenvalue weighted by Crippen LogP contribution is 2.13. The third-order valence-corrected chi connectivity index (χ3v) is 2.47. The zero-order valence-corrected chi connectivity index (χ0v) is 12.7. The third-order valence-electron chi connectivity index (χ3n) is 2.47. The first-order valence-corrected chi connectivity index (χ1v) is 6.47. The zero-order valence-electron chi connectivity index (χ0n) is 12.7. The third kappa shape index (κ3) is 6.72. The van der Waals surface area contributed by atoms with Crippen molar-refractivity contribution in [3.05, 3.63) is 42.1 Å². The Morgan fingerprint density at radius 2 is 1.88 bits per heavy atom. The number of nitrogens with one attached hydrogen (secondary N) is 1. The Morgan fingerprint density at radius 3 is 2.36 bits per heavy atom. The van der Waals surface area contributed by atoms with E-state index >= 15 is 0 Å². The van der Waals surface area contributed by atoms with Gasteiger partial charge < -0.3 is 20.9 Å². The Morgan fingerprint density at radius 1 is 1.24 bits per heavy atom. The van der Waals surface area contributed by atoms with E-state index in [4.69, 9.17) is 20.4 Å². The van der Waals surface area contributed by atoms with Crippen molar-refractivity contribution >= 4 is 23.5 Å². The number of nitrogen functional groups attached to an aromatic ring is 1. The number of carbonyl (C=O) groups is 2. The lowest BCUT2D eigenvalue weighted by Gasteiger charge is -2.05. The Balaban J connectivity index is 0.000000381. The highest BCUT2D eigenvalue weighted by atomic mass is 19.4. The second-order valence-electron chi connectivity index (χ2n) is 4.29. The Hall–Kier alpha value is -3.37. The molecule has 134 valence electrons. The van der Waals surface area contributed by atoms with Gasteiger partial charge in [-0.2, -0.15) is 18.2 Å². The van der Waals surface area contributed by atoms with Gasteiger partial charge in [-0.3, -0.25) is 4.79 Å². The number of pyridine rings is 2. The summed E-state index contributed by atoms with van der Waals surface area (Å²) in [6, 6.07) is 8.26. The molecule has 4 N–H and O–H groups in total. The van der Waals surface area contributed by atoms with Gasteiger partial charge in [0.1, 0.15) is 11.6 Å². The Kier molecular flexibility index (Phi) is 6.67. The summed E-state index contributed by atoms with van der Waals surface area (Å²) in [5.41, 5.74) is 5.86. The fraction of sp³-hybridized carbons (Fsp3) is 0.143. The summed E-state index contributed by atoms with van der Waals surface area (Å²) in [5.74, 6) is -1.85. The lowest BCUT2D eigenvalue weighted by Crippen LogP contribution is -2.21. The molecular weight excluding hydrogens is 345 g/mol. The highest BCUT2D eigenvalue weighted by molar-refractivity contribution is 6.03. The number of amides is 1. The monoisotopic (exact) mass is 358 g/mol. The molecule has 11 heteroatoms. The predicted octanol–water partition coefficient (Wildman–Crippen LogP) is 1.95. The normalized spacial score (nSPS) is 10.2. The molecule has 2 aromatic rings. The van der Waals surface area contributed by atoms with Crippen LogP contribution in [0.2, 0.25) is 0 Å². The Bertz CT molecular complexity index is 736. The molecule has 2 aromatic heterocycles. The maximum absolute atomic E-state index is 11.9. The van der Waals surface area contributed by atoms with Crippen molar-refractivity contribution in [3.8, 4) is 5.88 Å². The number of rotatable bonds is 3. The van der Waals surface area contributed by atoms with E-state index in [-0.39, 0.29) is 5.91 Å². The van der Waals surface area contributed by atoms with Crippen LogP contribution in [0.1, 0.15) is 10.4 Å². The molecule has 0 spiro atoms. The number of nitrogens with zero attached hydrogens (tertiary/aromatic N) is 2. The van der Waals surface area contributed by atoms with Crippen LogP contribution in [0.15, 0.2) is 36.5 Å². The van der Waals surface area contributed by atoms with E-state index in [0.717, 1.165) is 0 Å². The van der Waals surface area contributed by atoms with Crippen LogP contribution in [0.4, 0.5) is 24.8 Å². The van der Waals surface area contributed by atoms with Gasteiger partial charge in [0.15, 0.2) is 0 Å². The molecule has 0 fully saturated rings. The zero-order chi connectivity index (χ0) is 19.0. The molecule has 0 radical (unpaired) electrons. The first kappa shape index (κ1) is 19.7. The second-order valence-corrected chi connectivity index (χ2v) is 4.29. The summed E-state index contributed by atoms with van der Waals surface area (Å²) >= 11 is 0. The maximum atomic E-state index is 11.9. The summed E-state index contributed by atoms with van der Waals surface area (Å²) in [7, 11) is 1.51. The van der Waals surface area contributed by atoms with Crippen molar-refractivity contribution in [1.29, 1.82) is 0 Å². The molecule has 25 heavy (non-hydrogen) atoms. The summed E-state index contributed by atoms with van der Waals surface area (Å²) in [6.45, 7) is 0. The number of methoxy groups -OCH3 is 1. The number of halogens is 3. The van der Waals surface area contributed by atoms with Crippen LogP contribution in [0.5, 0.6) is 5.88 Å². The van der Waals surface area contributed by atoms with Gasteiger partial charge in [-0.25, -0.2) is 9.78 Å². The van der Waals surface area contributed by atoms with Gasteiger partial charge in [-0.1, -0.05) is 6.07 Å². The molecule has 8 nitrogen and oxygen atoms in total. The van der Waals surface area contributed by atoms with Gasteiger partial charge in [0.05, 0.1) is 12.7 Å². The van der Waals surface area contributed by atoms with Crippen molar-refractivity contribution in [1.82, 2.24) is 9.97 Å². The smallest absolute Gasteiger partial charge is 0.481 e. The fourth-order valence-electron chi connectivity index (χ4n) is 1.33. The van der Waals surface area contributed by atoms with E-state index in [2.05, 4.69) is 15.3 Å². The molecular formula is C14H13F3N4O4. The lowest BCUT2D eigenvalue weighted by atomic mass is 10.2. The topological polar surface area (TPSA) is 127 Å². The van der Waals surface area contributed by atoms with E-state index in [0.29, 0.717) is 23.1 Å². The maximum Gasteiger partial charge on any atom is 0.490 e. The number of carbonyl (C=O) groups excluding carboxylic acids is 1. The average Bonchev–Trinajstić information content (AvgIpc) is 2.55. The lowest BCUT2D eigenvalue weighted by molar-refractivity contribution is -0.192. The van der Waals surface area contributed by atoms with Gasteiger partial charge in [-0.05, 0) is 18.2 Å². The minimum absolute atomic E-state index is 0.303. The molecule has 2 heterocycles. The van der Waals surface area contributed by atoms with Gasteiger partial charge >= 0.3 is 12.1 Å². The number of ether oxygens (including phenoxy) is 1. The van der Waals surface area contributed by atoms with Crippen molar-refractivity contribution < 1.29 is 32.6 Å². The van der Waals surface area contributed by atoms with Crippen LogP contribution >= 0.6 is 0 Å². The number of hydrogen-bond donors (Lipinski definition) is 3. The van der Waals surface area contributed by atoms with Crippen LogP contribution in [0.25, 0.3) is 0 Å². The predicted molar refractivity (Wildman–Crippen MR) is 81.1 cm³/mol. The molecule has 0 aromatic carbocycles. The molecule has 0 atom stereocenters. The fourth-order valence-corrected chi connectivity index (χ4v) is 1.33. The molecule has 0 bridgehead atoms. The van der Waals surface area contributed by atoms with Crippen LogP contribution in [0, 0.1) is 0 Å². The van der Waals surface area contributed by atoms with Crippen LogP contribution in [0.3, 0.4) is 0 Å². The number of nitrogens with two attached hydrogens (primary N) is 1. The molecule has 0 aliphatic rings. The van der Waals surface area contributed by atoms with Crippen LogP contribution < -0.4 is 15.8 Å². The number of alkyl halides is 3.